The normalized spacial score (nSPS) is 19.1. The SMILES string of the molecule is COC(=O)[C@@H](C)C[C@H](Cc1ccc(F)cc1)NC(=O)c1csc([C@@H](C[C@H](C(C)C)N(C)C(=O)[C@@H](NC(=O)[C@H]2CCCCN2C)C2CC2)OC(C)=O)n1. The molecule has 286 valence electrons. The lowest BCUT2D eigenvalue weighted by molar-refractivity contribution is -0.149. The van der Waals surface area contributed by atoms with E-state index in [1.165, 1.54) is 37.5 Å². The van der Waals surface area contributed by atoms with Gasteiger partial charge < -0.3 is 25.0 Å². The number of ether oxygens (including phenoxy) is 2. The molecule has 1 aliphatic heterocycles. The molecule has 1 saturated heterocycles. The van der Waals surface area contributed by atoms with Crippen LogP contribution in [0.4, 0.5) is 4.39 Å². The van der Waals surface area contributed by atoms with Crippen LogP contribution in [0, 0.1) is 23.6 Å². The number of amides is 3. The number of rotatable bonds is 17. The molecule has 1 saturated carbocycles. The van der Waals surface area contributed by atoms with Crippen LogP contribution in [0.15, 0.2) is 29.6 Å². The molecule has 2 heterocycles. The highest BCUT2D eigenvalue weighted by Gasteiger charge is 2.42. The predicted octanol–water partition coefficient (Wildman–Crippen LogP) is 4.68. The zero-order valence-electron chi connectivity index (χ0n) is 31.4. The number of esters is 2. The van der Waals surface area contributed by atoms with Gasteiger partial charge in [-0.2, -0.15) is 0 Å². The van der Waals surface area contributed by atoms with E-state index in [1.54, 1.807) is 36.4 Å². The predicted molar refractivity (Wildman–Crippen MR) is 195 cm³/mol. The van der Waals surface area contributed by atoms with E-state index in [4.69, 9.17) is 9.47 Å². The van der Waals surface area contributed by atoms with E-state index < -0.39 is 42.0 Å². The summed E-state index contributed by atoms with van der Waals surface area (Å²) in [6, 6.07) is 4.17. The molecule has 0 radical (unpaired) electrons. The lowest BCUT2D eigenvalue weighted by Gasteiger charge is -2.37. The van der Waals surface area contributed by atoms with Gasteiger partial charge in [-0.1, -0.05) is 39.3 Å². The average Bonchev–Trinajstić information content (AvgIpc) is 3.83. The number of piperidine rings is 1. The second-order valence-electron chi connectivity index (χ2n) is 14.6. The molecule has 1 aliphatic carbocycles. The highest BCUT2D eigenvalue weighted by Crippen LogP contribution is 2.36. The Hall–Kier alpha value is -3.91. The first-order chi connectivity index (χ1) is 24.7. The fourth-order valence-corrected chi connectivity index (χ4v) is 7.81. The smallest absolute Gasteiger partial charge is 0.308 e. The van der Waals surface area contributed by atoms with Crippen LogP contribution >= 0.6 is 11.3 Å². The first-order valence-corrected chi connectivity index (χ1v) is 19.1. The number of halogens is 1. The summed E-state index contributed by atoms with van der Waals surface area (Å²) in [5.41, 5.74) is 0.891. The van der Waals surface area contributed by atoms with E-state index in [1.807, 2.05) is 20.9 Å². The van der Waals surface area contributed by atoms with Crippen molar-refractivity contribution in [3.05, 3.63) is 51.7 Å². The van der Waals surface area contributed by atoms with Crippen LogP contribution in [-0.2, 0) is 35.1 Å². The number of aromatic nitrogens is 1. The minimum absolute atomic E-state index is 0.0428. The lowest BCUT2D eigenvalue weighted by Crippen LogP contribution is -2.56. The molecule has 12 nitrogen and oxygen atoms in total. The summed E-state index contributed by atoms with van der Waals surface area (Å²) in [4.78, 5) is 73.8. The third kappa shape index (κ3) is 11.3. The maximum absolute atomic E-state index is 14.1. The van der Waals surface area contributed by atoms with Gasteiger partial charge in [0.1, 0.15) is 22.6 Å². The van der Waals surface area contributed by atoms with Crippen molar-refractivity contribution < 1.29 is 37.8 Å². The van der Waals surface area contributed by atoms with E-state index in [2.05, 4.69) is 20.5 Å². The molecular weight excluding hydrogens is 690 g/mol. The summed E-state index contributed by atoms with van der Waals surface area (Å²) in [5.74, 6) is -2.57. The highest BCUT2D eigenvalue weighted by molar-refractivity contribution is 7.09. The molecule has 0 spiro atoms. The van der Waals surface area contributed by atoms with Gasteiger partial charge in [0.05, 0.1) is 19.1 Å². The molecule has 52 heavy (non-hydrogen) atoms. The molecule has 2 aliphatic rings. The van der Waals surface area contributed by atoms with E-state index in [-0.39, 0.29) is 60.1 Å². The van der Waals surface area contributed by atoms with Gasteiger partial charge in [0.25, 0.3) is 5.91 Å². The summed E-state index contributed by atoms with van der Waals surface area (Å²) >= 11 is 1.17. The fourth-order valence-electron chi connectivity index (χ4n) is 6.97. The fraction of sp³-hybridized carbons (Fsp3) is 0.632. The molecule has 1 aromatic carbocycles. The van der Waals surface area contributed by atoms with Gasteiger partial charge in [0.15, 0.2) is 6.10 Å². The first kappa shape index (κ1) is 40.9. The Morgan fingerprint density at radius 1 is 1.04 bits per heavy atom. The Morgan fingerprint density at radius 3 is 2.33 bits per heavy atom. The van der Waals surface area contributed by atoms with Gasteiger partial charge >= 0.3 is 11.9 Å². The van der Waals surface area contributed by atoms with Crippen molar-refractivity contribution >= 4 is 41.0 Å². The van der Waals surface area contributed by atoms with E-state index >= 15 is 0 Å². The van der Waals surface area contributed by atoms with Crippen molar-refractivity contribution in [1.82, 2.24) is 25.4 Å². The maximum atomic E-state index is 14.1. The van der Waals surface area contributed by atoms with Gasteiger partial charge in [0.2, 0.25) is 11.8 Å². The summed E-state index contributed by atoms with van der Waals surface area (Å²) in [6.07, 6.45) is 4.52. The van der Waals surface area contributed by atoms with Gasteiger partial charge in [-0.25, -0.2) is 9.37 Å². The molecule has 3 amide bonds. The molecular formula is C38H54FN5O7S. The largest absolute Gasteiger partial charge is 0.469 e. The van der Waals surface area contributed by atoms with Gasteiger partial charge in [-0.15, -0.1) is 11.3 Å². The molecule has 14 heteroatoms. The topological polar surface area (TPSA) is 147 Å². The van der Waals surface area contributed by atoms with E-state index in [9.17, 15) is 28.4 Å². The standard InChI is InChI=1S/C38H54FN5O7S/c1-22(2)31(44(6)37(48)33(26-13-14-26)42-35(47)30-10-8-9-17-43(30)5)20-32(51-24(4)45)36-41-29(21-52-36)34(46)40-28(18-23(3)38(49)50-7)19-25-11-15-27(39)16-12-25/h11-12,15-16,21-23,26,28,30-33H,8-10,13-14,17-20H2,1-7H3,(H,40,46)(H,42,47)/t23-,28+,30+,31+,32+,33-/m0/s1. The lowest BCUT2D eigenvalue weighted by atomic mass is 9.95. The van der Waals surface area contributed by atoms with Crippen molar-refractivity contribution in [2.75, 3.05) is 27.7 Å². The van der Waals surface area contributed by atoms with Crippen LogP contribution in [0.2, 0.25) is 0 Å². The Morgan fingerprint density at radius 2 is 1.73 bits per heavy atom. The summed E-state index contributed by atoms with van der Waals surface area (Å²) < 4.78 is 24.2. The van der Waals surface area contributed by atoms with Crippen molar-refractivity contribution in [2.24, 2.45) is 17.8 Å². The van der Waals surface area contributed by atoms with E-state index in [0.717, 1.165) is 44.2 Å². The quantitative estimate of drug-likeness (QED) is 0.221. The van der Waals surface area contributed by atoms with Crippen molar-refractivity contribution in [3.8, 4) is 0 Å². The second-order valence-corrected chi connectivity index (χ2v) is 15.5. The minimum Gasteiger partial charge on any atom is -0.469 e. The number of nitrogens with zero attached hydrogens (tertiary/aromatic N) is 3. The monoisotopic (exact) mass is 743 g/mol. The van der Waals surface area contributed by atoms with Crippen LogP contribution < -0.4 is 10.6 Å². The number of thiazole rings is 1. The Kier molecular flexibility index (Phi) is 14.7. The number of likely N-dealkylation sites (N-methyl/N-ethyl adjacent to an activating group) is 2. The Labute approximate surface area is 310 Å². The molecule has 0 bridgehead atoms. The summed E-state index contributed by atoms with van der Waals surface area (Å²) in [5, 5.41) is 8.04. The van der Waals surface area contributed by atoms with Gasteiger partial charge in [0, 0.05) is 37.9 Å². The van der Waals surface area contributed by atoms with Crippen LogP contribution in [-0.4, -0.2) is 96.4 Å². The van der Waals surface area contributed by atoms with Crippen molar-refractivity contribution in [1.29, 1.82) is 0 Å². The molecule has 2 aromatic rings. The molecule has 1 aromatic heterocycles. The molecule has 4 rings (SSSR count). The van der Waals surface area contributed by atoms with Crippen molar-refractivity contribution in [3.63, 3.8) is 0 Å². The molecule has 0 unspecified atom stereocenters. The number of hydrogen-bond acceptors (Lipinski definition) is 10. The number of carbonyl (C=O) groups excluding carboxylic acids is 5. The average molecular weight is 744 g/mol. The number of methoxy groups -OCH3 is 1. The summed E-state index contributed by atoms with van der Waals surface area (Å²) in [6.45, 7) is 7.83. The number of nitrogens with one attached hydrogen (secondary N) is 2. The molecule has 2 fully saturated rings. The maximum Gasteiger partial charge on any atom is 0.308 e. The third-order valence-corrected chi connectivity index (χ3v) is 11.0. The van der Waals surface area contributed by atoms with Crippen LogP contribution in [0.3, 0.4) is 0 Å². The Balaban J connectivity index is 1.49. The van der Waals surface area contributed by atoms with Crippen LogP contribution in [0.5, 0.6) is 0 Å². The number of likely N-dealkylation sites (tertiary alicyclic amines) is 1. The number of hydrogen-bond donors (Lipinski definition) is 2. The highest BCUT2D eigenvalue weighted by atomic mass is 32.1. The Bertz CT molecular complexity index is 1550. The second kappa shape index (κ2) is 18.7. The number of carbonyl (C=O) groups is 5. The zero-order valence-corrected chi connectivity index (χ0v) is 32.2. The van der Waals surface area contributed by atoms with Crippen molar-refractivity contribution in [2.45, 2.75) is 109 Å². The van der Waals surface area contributed by atoms with E-state index in [0.29, 0.717) is 11.4 Å². The van der Waals surface area contributed by atoms with Gasteiger partial charge in [-0.05, 0) is 81.6 Å². The first-order valence-electron chi connectivity index (χ1n) is 18.2. The molecule has 2 N–H and O–H groups in total. The zero-order chi connectivity index (χ0) is 38.1. The third-order valence-electron chi connectivity index (χ3n) is 10.1. The number of benzene rings is 1. The minimum atomic E-state index is -0.842. The summed E-state index contributed by atoms with van der Waals surface area (Å²) in [7, 11) is 4.98. The molecule has 6 atom stereocenters. The van der Waals surface area contributed by atoms with Crippen LogP contribution in [0.1, 0.15) is 99.8 Å². The van der Waals surface area contributed by atoms with Crippen LogP contribution in [0.25, 0.3) is 0 Å². The van der Waals surface area contributed by atoms with Gasteiger partial charge in [-0.3, -0.25) is 28.9 Å².